The Balaban J connectivity index is 1.79. The lowest BCUT2D eigenvalue weighted by atomic mass is 10.1. The van der Waals surface area contributed by atoms with E-state index in [0.29, 0.717) is 0 Å². The van der Waals surface area contributed by atoms with Crippen LogP contribution < -0.4 is 0 Å². The highest BCUT2D eigenvalue weighted by Gasteiger charge is 2.17. The first-order valence-electron chi connectivity index (χ1n) is 8.96. The van der Waals surface area contributed by atoms with Gasteiger partial charge >= 0.3 is 0 Å². The molecule has 0 amide bonds. The third kappa shape index (κ3) is 3.68. The minimum Gasteiger partial charge on any atom is -0.284 e. The molecule has 26 heavy (non-hydrogen) atoms. The smallest absolute Gasteiger partial charge is 0.204 e. The van der Waals surface area contributed by atoms with E-state index in [1.54, 1.807) is 0 Å². The molecule has 6 heteroatoms. The standard InChI is InChI=1S/C20H21BrN4S/c21-17-11-9-16(10-12-17)19-22-24(15-23-13-5-2-6-14-23)20(26)25(19)18-7-3-1-4-8-18/h1,3-4,7-12H,2,5-6,13-15H2. The number of rotatable bonds is 4. The maximum atomic E-state index is 5.82. The number of likely N-dealkylation sites (tertiary alicyclic amines) is 1. The van der Waals surface area contributed by atoms with Gasteiger partial charge in [-0.1, -0.05) is 52.7 Å². The Morgan fingerprint density at radius 1 is 0.923 bits per heavy atom. The average Bonchev–Trinajstić information content (AvgIpc) is 3.00. The Kier molecular flexibility index (Phi) is 5.33. The zero-order chi connectivity index (χ0) is 17.9. The second-order valence-corrected chi connectivity index (χ2v) is 7.88. The molecule has 3 aromatic rings. The van der Waals surface area contributed by atoms with E-state index in [2.05, 4.69) is 49.7 Å². The molecular weight excluding hydrogens is 408 g/mol. The summed E-state index contributed by atoms with van der Waals surface area (Å²) in [6, 6.07) is 18.5. The highest BCUT2D eigenvalue weighted by molar-refractivity contribution is 9.10. The molecule has 4 nitrogen and oxygen atoms in total. The molecule has 0 spiro atoms. The summed E-state index contributed by atoms with van der Waals surface area (Å²) in [4.78, 5) is 2.44. The van der Waals surface area contributed by atoms with Crippen LogP contribution >= 0.6 is 28.1 Å². The number of hydrogen-bond donors (Lipinski definition) is 0. The largest absolute Gasteiger partial charge is 0.284 e. The summed E-state index contributed by atoms with van der Waals surface area (Å²) in [6.45, 7) is 2.99. The summed E-state index contributed by atoms with van der Waals surface area (Å²) in [6.07, 6.45) is 3.84. The van der Waals surface area contributed by atoms with Crippen LogP contribution in [0.3, 0.4) is 0 Å². The van der Waals surface area contributed by atoms with E-state index in [4.69, 9.17) is 17.3 Å². The van der Waals surface area contributed by atoms with Gasteiger partial charge in [-0.25, -0.2) is 4.68 Å². The third-order valence-corrected chi connectivity index (χ3v) is 5.66. The van der Waals surface area contributed by atoms with Crippen LogP contribution in [0.2, 0.25) is 0 Å². The molecule has 1 aliphatic rings. The monoisotopic (exact) mass is 428 g/mol. The topological polar surface area (TPSA) is 26.0 Å². The van der Waals surface area contributed by atoms with Crippen molar-refractivity contribution in [3.63, 3.8) is 0 Å². The summed E-state index contributed by atoms with van der Waals surface area (Å²) in [5.41, 5.74) is 2.10. The molecule has 0 atom stereocenters. The van der Waals surface area contributed by atoms with Gasteiger partial charge in [-0.15, -0.1) is 5.10 Å². The van der Waals surface area contributed by atoms with Crippen molar-refractivity contribution in [2.24, 2.45) is 0 Å². The highest BCUT2D eigenvalue weighted by Crippen LogP contribution is 2.24. The summed E-state index contributed by atoms with van der Waals surface area (Å²) in [5.74, 6) is 0.880. The summed E-state index contributed by atoms with van der Waals surface area (Å²) in [5, 5.41) is 4.90. The normalized spacial score (nSPS) is 15.3. The second kappa shape index (κ2) is 7.86. The molecule has 0 bridgehead atoms. The minimum atomic E-state index is 0.736. The summed E-state index contributed by atoms with van der Waals surface area (Å²) in [7, 11) is 0. The van der Waals surface area contributed by atoms with Crippen molar-refractivity contribution in [3.05, 3.63) is 63.8 Å². The predicted molar refractivity (Wildman–Crippen MR) is 111 cm³/mol. The molecule has 1 saturated heterocycles. The van der Waals surface area contributed by atoms with Gasteiger partial charge in [0.05, 0.1) is 6.67 Å². The number of piperidine rings is 1. The SMILES string of the molecule is S=c1n(CN2CCCCC2)nc(-c2ccc(Br)cc2)n1-c1ccccc1. The molecule has 2 aromatic carbocycles. The Bertz CT molecular complexity index is 925. The lowest BCUT2D eigenvalue weighted by Crippen LogP contribution is -2.32. The van der Waals surface area contributed by atoms with Gasteiger partial charge in [0.15, 0.2) is 5.82 Å². The number of halogens is 1. The molecule has 4 rings (SSSR count). The minimum absolute atomic E-state index is 0.736. The highest BCUT2D eigenvalue weighted by atomic mass is 79.9. The second-order valence-electron chi connectivity index (χ2n) is 6.60. The third-order valence-electron chi connectivity index (χ3n) is 4.74. The first kappa shape index (κ1) is 17.6. The number of para-hydroxylation sites is 1. The molecule has 0 saturated carbocycles. The van der Waals surface area contributed by atoms with Gasteiger partial charge in [-0.05, 0) is 62.4 Å². The lowest BCUT2D eigenvalue weighted by molar-refractivity contribution is 0.172. The molecule has 0 N–H and O–H groups in total. The van der Waals surface area contributed by atoms with Gasteiger partial charge in [-0.2, -0.15) is 0 Å². The molecular formula is C20H21BrN4S. The molecule has 0 unspecified atom stereocenters. The van der Waals surface area contributed by atoms with Crippen LogP contribution in [0.25, 0.3) is 17.1 Å². The van der Waals surface area contributed by atoms with Gasteiger partial charge in [0.1, 0.15) is 0 Å². The summed E-state index contributed by atoms with van der Waals surface area (Å²) >= 11 is 9.32. The van der Waals surface area contributed by atoms with Gasteiger partial charge in [0.25, 0.3) is 0 Å². The van der Waals surface area contributed by atoms with Crippen LogP contribution in [-0.4, -0.2) is 32.3 Å². The average molecular weight is 429 g/mol. The fourth-order valence-electron chi connectivity index (χ4n) is 3.39. The Morgan fingerprint density at radius 3 is 2.31 bits per heavy atom. The van der Waals surface area contributed by atoms with Crippen molar-refractivity contribution >= 4 is 28.1 Å². The van der Waals surface area contributed by atoms with Crippen molar-refractivity contribution in [1.29, 1.82) is 0 Å². The Hall–Kier alpha value is -1.76. The fourth-order valence-corrected chi connectivity index (χ4v) is 3.94. The van der Waals surface area contributed by atoms with Crippen LogP contribution in [0.15, 0.2) is 59.1 Å². The zero-order valence-electron chi connectivity index (χ0n) is 14.5. The number of benzene rings is 2. The number of nitrogens with zero attached hydrogens (tertiary/aromatic N) is 4. The molecule has 0 aliphatic carbocycles. The Labute approximate surface area is 167 Å². The van der Waals surface area contributed by atoms with E-state index in [1.807, 2.05) is 35.0 Å². The molecule has 1 aliphatic heterocycles. The van der Waals surface area contributed by atoms with E-state index in [9.17, 15) is 0 Å². The van der Waals surface area contributed by atoms with E-state index in [1.165, 1.54) is 19.3 Å². The first-order valence-corrected chi connectivity index (χ1v) is 10.2. The Morgan fingerprint density at radius 2 is 1.62 bits per heavy atom. The molecule has 134 valence electrons. The van der Waals surface area contributed by atoms with E-state index >= 15 is 0 Å². The van der Waals surface area contributed by atoms with Crippen molar-refractivity contribution in [1.82, 2.24) is 19.2 Å². The van der Waals surface area contributed by atoms with Crippen LogP contribution in [0.4, 0.5) is 0 Å². The van der Waals surface area contributed by atoms with Crippen molar-refractivity contribution in [3.8, 4) is 17.1 Å². The van der Waals surface area contributed by atoms with Crippen molar-refractivity contribution in [2.45, 2.75) is 25.9 Å². The zero-order valence-corrected chi connectivity index (χ0v) is 16.9. The molecule has 1 fully saturated rings. The van der Waals surface area contributed by atoms with Gasteiger partial charge < -0.3 is 0 Å². The predicted octanol–water partition coefficient (Wildman–Crippen LogP) is 5.28. The van der Waals surface area contributed by atoms with Crippen LogP contribution in [0.1, 0.15) is 19.3 Å². The van der Waals surface area contributed by atoms with Gasteiger partial charge in [-0.3, -0.25) is 9.47 Å². The number of hydrogen-bond acceptors (Lipinski definition) is 3. The van der Waals surface area contributed by atoms with E-state index < -0.39 is 0 Å². The van der Waals surface area contributed by atoms with Crippen LogP contribution in [0, 0.1) is 4.77 Å². The van der Waals surface area contributed by atoms with Crippen LogP contribution in [0.5, 0.6) is 0 Å². The van der Waals surface area contributed by atoms with Crippen molar-refractivity contribution < 1.29 is 0 Å². The summed E-state index contributed by atoms with van der Waals surface area (Å²) < 4.78 is 5.83. The quantitative estimate of drug-likeness (QED) is 0.528. The number of aromatic nitrogens is 3. The van der Waals surface area contributed by atoms with Gasteiger partial charge in [0, 0.05) is 15.7 Å². The van der Waals surface area contributed by atoms with E-state index in [0.717, 1.165) is 46.1 Å². The maximum absolute atomic E-state index is 5.82. The molecule has 0 radical (unpaired) electrons. The fraction of sp³-hybridized carbons (Fsp3) is 0.300. The lowest BCUT2D eigenvalue weighted by Gasteiger charge is -2.25. The van der Waals surface area contributed by atoms with E-state index in [-0.39, 0.29) is 0 Å². The van der Waals surface area contributed by atoms with Gasteiger partial charge in [0.2, 0.25) is 4.77 Å². The maximum Gasteiger partial charge on any atom is 0.204 e. The first-order chi connectivity index (χ1) is 12.7. The molecule has 1 aromatic heterocycles. The van der Waals surface area contributed by atoms with Crippen LogP contribution in [-0.2, 0) is 6.67 Å². The molecule has 2 heterocycles. The van der Waals surface area contributed by atoms with Crippen molar-refractivity contribution in [2.75, 3.05) is 13.1 Å².